The molecule has 2 saturated heterocycles. The predicted octanol–water partition coefficient (Wildman–Crippen LogP) is 1.81. The van der Waals surface area contributed by atoms with Gasteiger partial charge in [-0.3, -0.25) is 19.3 Å². The van der Waals surface area contributed by atoms with Crippen LogP contribution in [0, 0.1) is 0 Å². The quantitative estimate of drug-likeness (QED) is 0.608. The predicted molar refractivity (Wildman–Crippen MR) is 107 cm³/mol. The number of benzene rings is 1. The molecule has 0 bridgehead atoms. The van der Waals surface area contributed by atoms with Crippen LogP contribution in [0.15, 0.2) is 27.6 Å². The number of imide groups is 1. The van der Waals surface area contributed by atoms with Crippen LogP contribution in [-0.4, -0.2) is 77.4 Å². The molecule has 2 aliphatic heterocycles. The molecule has 29 heavy (non-hydrogen) atoms. The average molecular weight is 485 g/mol. The van der Waals surface area contributed by atoms with E-state index in [0.717, 1.165) is 16.7 Å². The molecule has 3 rings (SSSR count). The van der Waals surface area contributed by atoms with E-state index in [0.29, 0.717) is 36.3 Å². The van der Waals surface area contributed by atoms with Crippen LogP contribution in [0.3, 0.4) is 0 Å². The molecule has 2 fully saturated rings. The van der Waals surface area contributed by atoms with Crippen molar-refractivity contribution in [2.75, 3.05) is 39.5 Å². The van der Waals surface area contributed by atoms with Gasteiger partial charge in [0.25, 0.3) is 11.1 Å². The molecular formula is C18H17BrN2O7S. The molecular weight excluding hydrogens is 468 g/mol. The highest BCUT2D eigenvalue weighted by atomic mass is 79.9. The van der Waals surface area contributed by atoms with E-state index in [-0.39, 0.29) is 23.1 Å². The number of ether oxygens (including phenoxy) is 2. The number of hydrogen-bond acceptors (Lipinski definition) is 7. The Labute approximate surface area is 178 Å². The first-order chi connectivity index (χ1) is 13.8. The molecule has 0 unspecified atom stereocenters. The number of rotatable bonds is 6. The molecule has 0 aliphatic carbocycles. The Morgan fingerprint density at radius 1 is 1.28 bits per heavy atom. The summed E-state index contributed by atoms with van der Waals surface area (Å²) in [6.07, 6.45) is 1.45. The lowest BCUT2D eigenvalue weighted by Gasteiger charge is -2.28. The Morgan fingerprint density at radius 3 is 2.69 bits per heavy atom. The average Bonchev–Trinajstić information content (AvgIpc) is 2.95. The fourth-order valence-corrected chi connectivity index (χ4v) is 3.94. The molecule has 1 N–H and O–H groups in total. The Kier molecular flexibility index (Phi) is 6.93. The van der Waals surface area contributed by atoms with Gasteiger partial charge in [0.2, 0.25) is 5.91 Å². The number of hydrogen-bond donors (Lipinski definition) is 1. The van der Waals surface area contributed by atoms with Gasteiger partial charge in [-0.1, -0.05) is 15.9 Å². The van der Waals surface area contributed by atoms with Gasteiger partial charge in [-0.25, -0.2) is 4.79 Å². The van der Waals surface area contributed by atoms with E-state index in [1.54, 1.807) is 23.1 Å². The molecule has 0 atom stereocenters. The number of amides is 3. The lowest BCUT2D eigenvalue weighted by Crippen LogP contribution is -2.46. The van der Waals surface area contributed by atoms with Crippen molar-refractivity contribution in [3.8, 4) is 5.75 Å². The van der Waals surface area contributed by atoms with Crippen molar-refractivity contribution >= 4 is 56.8 Å². The number of halogens is 1. The Morgan fingerprint density at radius 2 is 2.00 bits per heavy atom. The highest BCUT2D eigenvalue weighted by Crippen LogP contribution is 2.34. The van der Waals surface area contributed by atoms with Crippen molar-refractivity contribution in [3.05, 3.63) is 33.1 Å². The van der Waals surface area contributed by atoms with E-state index < -0.39 is 23.7 Å². The second-order valence-corrected chi connectivity index (χ2v) is 8.03. The van der Waals surface area contributed by atoms with Crippen LogP contribution in [0.25, 0.3) is 6.08 Å². The smallest absolute Gasteiger partial charge is 0.341 e. The third-order valence-corrected chi connectivity index (χ3v) is 5.54. The van der Waals surface area contributed by atoms with Crippen molar-refractivity contribution in [2.24, 2.45) is 0 Å². The second kappa shape index (κ2) is 9.42. The van der Waals surface area contributed by atoms with Gasteiger partial charge in [0.15, 0.2) is 6.61 Å². The molecule has 11 heteroatoms. The normalized spacial score (nSPS) is 18.4. The van der Waals surface area contributed by atoms with Crippen molar-refractivity contribution in [1.29, 1.82) is 0 Å². The Hall–Kier alpha value is -2.37. The summed E-state index contributed by atoms with van der Waals surface area (Å²) in [6, 6.07) is 4.87. The van der Waals surface area contributed by atoms with E-state index >= 15 is 0 Å². The van der Waals surface area contributed by atoms with Gasteiger partial charge in [0, 0.05) is 23.1 Å². The summed E-state index contributed by atoms with van der Waals surface area (Å²) in [5, 5.41) is 8.27. The summed E-state index contributed by atoms with van der Waals surface area (Å²) >= 11 is 4.03. The number of carbonyl (C=O) groups excluding carboxylic acids is 3. The molecule has 0 radical (unpaired) electrons. The lowest BCUT2D eigenvalue weighted by molar-refractivity contribution is -0.139. The maximum Gasteiger partial charge on any atom is 0.341 e. The fraction of sp³-hybridized carbons (Fsp3) is 0.333. The first kappa shape index (κ1) is 21.3. The van der Waals surface area contributed by atoms with Crippen LogP contribution >= 0.6 is 27.7 Å². The van der Waals surface area contributed by atoms with Gasteiger partial charge in [0.05, 0.1) is 18.1 Å². The van der Waals surface area contributed by atoms with Crippen LogP contribution in [0.1, 0.15) is 5.56 Å². The van der Waals surface area contributed by atoms with E-state index in [1.165, 1.54) is 6.08 Å². The summed E-state index contributed by atoms with van der Waals surface area (Å²) in [5.41, 5.74) is 0.436. The number of carbonyl (C=O) groups is 4. The van der Waals surface area contributed by atoms with Gasteiger partial charge < -0.3 is 19.5 Å². The maximum atomic E-state index is 12.7. The minimum Gasteiger partial charge on any atom is -0.481 e. The molecule has 0 saturated carbocycles. The van der Waals surface area contributed by atoms with E-state index in [2.05, 4.69) is 15.9 Å². The minimum absolute atomic E-state index is 0.128. The third kappa shape index (κ3) is 5.37. The zero-order valence-corrected chi connectivity index (χ0v) is 17.5. The monoisotopic (exact) mass is 484 g/mol. The minimum atomic E-state index is -1.14. The van der Waals surface area contributed by atoms with Gasteiger partial charge in [0.1, 0.15) is 12.3 Å². The topological polar surface area (TPSA) is 113 Å². The molecule has 1 aromatic rings. The summed E-state index contributed by atoms with van der Waals surface area (Å²) in [6.45, 7) is 0.826. The zero-order valence-electron chi connectivity index (χ0n) is 15.1. The first-order valence-electron chi connectivity index (χ1n) is 8.60. The van der Waals surface area contributed by atoms with Crippen LogP contribution in [0.4, 0.5) is 4.79 Å². The van der Waals surface area contributed by atoms with Crippen molar-refractivity contribution in [2.45, 2.75) is 0 Å². The molecule has 0 aromatic heterocycles. The SMILES string of the molecule is O=C(O)COc1ccc(Br)cc1/C=C1/SC(=O)N(CC(=O)N2CCOCC2)C1=O. The van der Waals surface area contributed by atoms with Gasteiger partial charge in [-0.05, 0) is 36.0 Å². The summed E-state index contributed by atoms with van der Waals surface area (Å²) in [4.78, 5) is 50.7. The maximum absolute atomic E-state index is 12.7. The van der Waals surface area contributed by atoms with Crippen LogP contribution in [0.2, 0.25) is 0 Å². The number of morpholine rings is 1. The molecule has 3 amide bonds. The number of aliphatic carboxylic acids is 1. The van der Waals surface area contributed by atoms with Crippen molar-refractivity contribution in [3.63, 3.8) is 0 Å². The second-order valence-electron chi connectivity index (χ2n) is 6.13. The highest BCUT2D eigenvalue weighted by Gasteiger charge is 2.37. The largest absolute Gasteiger partial charge is 0.481 e. The fourth-order valence-electron chi connectivity index (χ4n) is 2.73. The zero-order chi connectivity index (χ0) is 21.0. The van der Waals surface area contributed by atoms with Crippen LogP contribution < -0.4 is 4.74 Å². The first-order valence-corrected chi connectivity index (χ1v) is 10.2. The van der Waals surface area contributed by atoms with E-state index in [9.17, 15) is 19.2 Å². The molecule has 0 spiro atoms. The van der Waals surface area contributed by atoms with Crippen molar-refractivity contribution < 1.29 is 33.8 Å². The number of nitrogens with zero attached hydrogens (tertiary/aromatic N) is 2. The highest BCUT2D eigenvalue weighted by molar-refractivity contribution is 9.10. The van der Waals surface area contributed by atoms with Gasteiger partial charge in [-0.2, -0.15) is 0 Å². The summed E-state index contributed by atoms with van der Waals surface area (Å²) in [7, 11) is 0. The molecule has 2 heterocycles. The summed E-state index contributed by atoms with van der Waals surface area (Å²) < 4.78 is 11.1. The van der Waals surface area contributed by atoms with Crippen LogP contribution in [-0.2, 0) is 19.1 Å². The van der Waals surface area contributed by atoms with E-state index in [1.807, 2.05) is 0 Å². The number of carboxylic acid groups (broad SMARTS) is 1. The van der Waals surface area contributed by atoms with Gasteiger partial charge in [-0.15, -0.1) is 0 Å². The number of thioether (sulfide) groups is 1. The van der Waals surface area contributed by atoms with Crippen molar-refractivity contribution in [1.82, 2.24) is 9.80 Å². The van der Waals surface area contributed by atoms with Gasteiger partial charge >= 0.3 is 5.97 Å². The molecule has 2 aliphatic rings. The standard InChI is InChI=1S/C18H17BrN2O7S/c19-12-1-2-13(28-10-16(23)24)11(7-12)8-14-17(25)21(18(26)29-14)9-15(22)20-3-5-27-6-4-20/h1-2,7-8H,3-6,9-10H2,(H,23,24)/b14-8+. The Balaban J connectivity index is 1.76. The summed E-state index contributed by atoms with van der Waals surface area (Å²) in [5.74, 6) is -1.77. The molecule has 9 nitrogen and oxygen atoms in total. The lowest BCUT2D eigenvalue weighted by atomic mass is 10.2. The Bertz CT molecular complexity index is 883. The van der Waals surface area contributed by atoms with E-state index in [4.69, 9.17) is 14.6 Å². The third-order valence-electron chi connectivity index (χ3n) is 4.14. The molecule has 1 aromatic carbocycles. The number of carboxylic acids is 1. The van der Waals surface area contributed by atoms with Crippen LogP contribution in [0.5, 0.6) is 5.75 Å². The molecule has 154 valence electrons.